The molecule has 0 amide bonds. The summed E-state index contributed by atoms with van der Waals surface area (Å²) in [4.78, 5) is 25.6. The maximum atomic E-state index is 12.9. The SMILES string of the molecule is CCOC(=O)C1(C(C)=O)Cc2c(Cl)cc(-c3ccccc3)c(C#Cc3ccccc3)c2C1. The molecule has 3 aromatic carbocycles. The summed E-state index contributed by atoms with van der Waals surface area (Å²) in [5.74, 6) is 5.85. The number of esters is 1. The average Bonchev–Trinajstić information content (AvgIpc) is 3.23. The Balaban J connectivity index is 1.93. The molecule has 0 aromatic heterocycles. The lowest BCUT2D eigenvalue weighted by molar-refractivity contribution is -0.159. The third-order valence-corrected chi connectivity index (χ3v) is 6.32. The molecule has 0 fully saturated rings. The molecule has 3 aromatic rings. The van der Waals surface area contributed by atoms with Gasteiger partial charge >= 0.3 is 5.97 Å². The zero-order chi connectivity index (χ0) is 22.7. The van der Waals surface area contributed by atoms with Crippen LogP contribution in [0.3, 0.4) is 0 Å². The van der Waals surface area contributed by atoms with Crippen LogP contribution in [-0.2, 0) is 27.2 Å². The predicted molar refractivity (Wildman–Crippen MR) is 126 cm³/mol. The number of carbonyl (C=O) groups is 2. The number of fused-ring (bicyclic) bond motifs is 1. The minimum absolute atomic E-state index is 0.216. The Bertz CT molecular complexity index is 1240. The molecule has 1 aliphatic rings. The highest BCUT2D eigenvalue weighted by molar-refractivity contribution is 6.32. The van der Waals surface area contributed by atoms with Crippen molar-refractivity contribution in [1.29, 1.82) is 0 Å². The Morgan fingerprint density at radius 1 is 0.969 bits per heavy atom. The van der Waals surface area contributed by atoms with Crippen LogP contribution in [0.25, 0.3) is 11.1 Å². The second kappa shape index (κ2) is 9.02. The third-order valence-electron chi connectivity index (χ3n) is 5.98. The quantitative estimate of drug-likeness (QED) is 0.298. The third kappa shape index (κ3) is 3.95. The summed E-state index contributed by atoms with van der Waals surface area (Å²) < 4.78 is 5.31. The first kappa shape index (κ1) is 21.9. The molecule has 0 radical (unpaired) electrons. The zero-order valence-corrected chi connectivity index (χ0v) is 18.8. The first-order chi connectivity index (χ1) is 15.5. The average molecular weight is 443 g/mol. The highest BCUT2D eigenvalue weighted by Gasteiger charge is 2.50. The van der Waals surface area contributed by atoms with Gasteiger partial charge in [-0.3, -0.25) is 9.59 Å². The van der Waals surface area contributed by atoms with E-state index in [1.165, 1.54) is 6.92 Å². The zero-order valence-electron chi connectivity index (χ0n) is 18.1. The van der Waals surface area contributed by atoms with Gasteiger partial charge in [0, 0.05) is 16.1 Å². The van der Waals surface area contributed by atoms with Gasteiger partial charge in [0.25, 0.3) is 0 Å². The van der Waals surface area contributed by atoms with E-state index in [1.54, 1.807) is 6.92 Å². The van der Waals surface area contributed by atoms with Gasteiger partial charge in [-0.25, -0.2) is 0 Å². The highest BCUT2D eigenvalue weighted by atomic mass is 35.5. The van der Waals surface area contributed by atoms with Crippen molar-refractivity contribution in [2.24, 2.45) is 5.41 Å². The number of rotatable bonds is 4. The maximum Gasteiger partial charge on any atom is 0.320 e. The van der Waals surface area contributed by atoms with E-state index in [2.05, 4.69) is 11.8 Å². The lowest BCUT2D eigenvalue weighted by atomic mass is 9.80. The molecule has 0 N–H and O–H groups in total. The van der Waals surface area contributed by atoms with Crippen LogP contribution in [0, 0.1) is 17.3 Å². The number of halogens is 1. The number of hydrogen-bond acceptors (Lipinski definition) is 3. The van der Waals surface area contributed by atoms with Gasteiger partial charge in [-0.2, -0.15) is 0 Å². The van der Waals surface area contributed by atoms with Crippen LogP contribution in [0.15, 0.2) is 66.7 Å². The fraction of sp³-hybridized carbons (Fsp3) is 0.214. The minimum atomic E-state index is -1.26. The van der Waals surface area contributed by atoms with Crippen molar-refractivity contribution >= 4 is 23.4 Å². The number of ether oxygens (including phenoxy) is 1. The van der Waals surface area contributed by atoms with Gasteiger partial charge in [-0.15, -0.1) is 0 Å². The number of Topliss-reactive ketones (excluding diaryl/α,β-unsaturated/α-hetero) is 1. The normalized spacial score (nSPS) is 16.6. The molecular formula is C28H23ClO3. The largest absolute Gasteiger partial charge is 0.465 e. The predicted octanol–water partition coefficient (Wildman–Crippen LogP) is 5.64. The molecule has 4 rings (SSSR count). The summed E-state index contributed by atoms with van der Waals surface area (Å²) in [5.41, 5.74) is 3.94. The minimum Gasteiger partial charge on any atom is -0.465 e. The van der Waals surface area contributed by atoms with E-state index in [0.717, 1.165) is 33.4 Å². The van der Waals surface area contributed by atoms with Gasteiger partial charge in [0.2, 0.25) is 0 Å². The highest BCUT2D eigenvalue weighted by Crippen LogP contribution is 2.46. The van der Waals surface area contributed by atoms with Gasteiger partial charge in [0.15, 0.2) is 0 Å². The van der Waals surface area contributed by atoms with E-state index in [4.69, 9.17) is 16.3 Å². The van der Waals surface area contributed by atoms with Crippen molar-refractivity contribution in [3.8, 4) is 23.0 Å². The summed E-state index contributed by atoms with van der Waals surface area (Å²) >= 11 is 6.72. The Morgan fingerprint density at radius 2 is 1.59 bits per heavy atom. The molecule has 0 saturated heterocycles. The van der Waals surface area contributed by atoms with Crippen LogP contribution in [-0.4, -0.2) is 18.4 Å². The maximum absolute atomic E-state index is 12.9. The summed E-state index contributed by atoms with van der Waals surface area (Å²) in [6, 6.07) is 21.5. The first-order valence-corrected chi connectivity index (χ1v) is 11.0. The summed E-state index contributed by atoms with van der Waals surface area (Å²) in [5, 5.41) is 0.538. The number of benzene rings is 3. The lowest BCUT2D eigenvalue weighted by Gasteiger charge is -2.23. The molecule has 32 heavy (non-hydrogen) atoms. The van der Waals surface area contributed by atoms with Crippen molar-refractivity contribution in [2.45, 2.75) is 26.7 Å². The molecule has 160 valence electrons. The number of hydrogen-bond donors (Lipinski definition) is 0. The van der Waals surface area contributed by atoms with Crippen molar-refractivity contribution < 1.29 is 14.3 Å². The Hall–Kier alpha value is -3.35. The first-order valence-electron chi connectivity index (χ1n) is 10.6. The molecule has 1 atom stereocenters. The lowest BCUT2D eigenvalue weighted by Crippen LogP contribution is -2.40. The smallest absolute Gasteiger partial charge is 0.320 e. The topological polar surface area (TPSA) is 43.4 Å². The van der Waals surface area contributed by atoms with Crippen molar-refractivity contribution in [1.82, 2.24) is 0 Å². The van der Waals surface area contributed by atoms with Crippen molar-refractivity contribution in [3.05, 3.63) is 94.0 Å². The van der Waals surface area contributed by atoms with Gasteiger partial charge in [-0.05, 0) is 67.1 Å². The summed E-state index contributed by atoms with van der Waals surface area (Å²) in [6.45, 7) is 3.41. The second-order valence-corrected chi connectivity index (χ2v) is 8.34. The molecule has 1 aliphatic carbocycles. The molecule has 3 nitrogen and oxygen atoms in total. The van der Waals surface area contributed by atoms with Crippen molar-refractivity contribution in [2.75, 3.05) is 6.61 Å². The van der Waals surface area contributed by atoms with Crippen LogP contribution >= 0.6 is 11.6 Å². The fourth-order valence-corrected chi connectivity index (χ4v) is 4.54. The van der Waals surface area contributed by atoms with E-state index in [1.807, 2.05) is 66.7 Å². The van der Waals surface area contributed by atoms with E-state index in [0.29, 0.717) is 5.02 Å². The van der Waals surface area contributed by atoms with Gasteiger partial charge in [-0.1, -0.05) is 72.0 Å². The monoisotopic (exact) mass is 442 g/mol. The number of ketones is 1. The molecule has 4 heteroatoms. The van der Waals surface area contributed by atoms with Crippen LogP contribution in [0.1, 0.15) is 36.1 Å². The summed E-state index contributed by atoms with van der Waals surface area (Å²) in [6.07, 6.45) is 0.458. The molecule has 0 aliphatic heterocycles. The van der Waals surface area contributed by atoms with Crippen LogP contribution in [0.5, 0.6) is 0 Å². The van der Waals surface area contributed by atoms with Gasteiger partial charge < -0.3 is 4.74 Å². The number of carbonyl (C=O) groups excluding carboxylic acids is 2. The Labute approximate surface area is 193 Å². The molecule has 1 unspecified atom stereocenters. The van der Waals surface area contributed by atoms with Crippen LogP contribution < -0.4 is 0 Å². The molecule has 0 bridgehead atoms. The van der Waals surface area contributed by atoms with E-state index in [-0.39, 0.29) is 25.2 Å². The van der Waals surface area contributed by atoms with E-state index >= 15 is 0 Å². The molecular weight excluding hydrogens is 420 g/mol. The second-order valence-electron chi connectivity index (χ2n) is 7.93. The standard InChI is InChI=1S/C28H23ClO3/c1-3-32-27(31)28(19(2)30)17-24-22(15-14-20-10-6-4-7-11-20)23(16-26(29)25(24)18-28)21-12-8-5-9-13-21/h4-13,16H,3,17-18H2,1-2H3. The van der Waals surface area contributed by atoms with Gasteiger partial charge in [0.05, 0.1) is 6.61 Å². The summed E-state index contributed by atoms with van der Waals surface area (Å²) in [7, 11) is 0. The molecule has 0 spiro atoms. The molecule has 0 heterocycles. The van der Waals surface area contributed by atoms with Gasteiger partial charge in [0.1, 0.15) is 11.2 Å². The van der Waals surface area contributed by atoms with E-state index in [9.17, 15) is 9.59 Å². The van der Waals surface area contributed by atoms with Crippen LogP contribution in [0.4, 0.5) is 0 Å². The van der Waals surface area contributed by atoms with Crippen LogP contribution in [0.2, 0.25) is 5.02 Å². The fourth-order valence-electron chi connectivity index (χ4n) is 4.25. The van der Waals surface area contributed by atoms with E-state index < -0.39 is 11.4 Å². The Kier molecular flexibility index (Phi) is 6.17. The van der Waals surface area contributed by atoms with Crippen molar-refractivity contribution in [3.63, 3.8) is 0 Å². The molecule has 0 saturated carbocycles. The Morgan fingerprint density at radius 3 is 2.22 bits per heavy atom.